The third-order valence-electron chi connectivity index (χ3n) is 5.38. The van der Waals surface area contributed by atoms with Gasteiger partial charge in [0.25, 0.3) is 5.91 Å². The fraction of sp³-hybridized carbons (Fsp3) is 0.292. The average Bonchev–Trinajstić information content (AvgIpc) is 2.78. The van der Waals surface area contributed by atoms with Crippen LogP contribution in [-0.4, -0.2) is 41.5 Å². The number of nitrogens with zero attached hydrogens (tertiary/aromatic N) is 1. The maximum absolute atomic E-state index is 13.7. The highest BCUT2D eigenvalue weighted by Gasteiger charge is 2.36. The van der Waals surface area contributed by atoms with E-state index in [2.05, 4.69) is 0 Å². The third kappa shape index (κ3) is 5.45. The van der Waals surface area contributed by atoms with Crippen molar-refractivity contribution in [2.45, 2.75) is 37.6 Å². The van der Waals surface area contributed by atoms with Gasteiger partial charge in [-0.25, -0.2) is 13.9 Å². The predicted molar refractivity (Wildman–Crippen MR) is 123 cm³/mol. The summed E-state index contributed by atoms with van der Waals surface area (Å²) in [6.07, 6.45) is 0.579. The van der Waals surface area contributed by atoms with E-state index in [9.17, 15) is 23.5 Å². The highest BCUT2D eigenvalue weighted by molar-refractivity contribution is 7.89. The Hall–Kier alpha value is -2.94. The number of carbonyl (C=O) groups is 1. The molecule has 0 saturated heterocycles. The second kappa shape index (κ2) is 10.1. The molecule has 0 bridgehead atoms. The maximum Gasteiger partial charge on any atom is 0.262 e. The van der Waals surface area contributed by atoms with E-state index < -0.39 is 22.0 Å². The van der Waals surface area contributed by atoms with Gasteiger partial charge < -0.3 is 5.11 Å². The molecule has 0 fully saturated rings. The van der Waals surface area contributed by atoms with Crippen LogP contribution in [0.5, 0.6) is 5.75 Å². The number of hydroxylamine groups is 1. The number of hydrogen-bond donors (Lipinski definition) is 3. The van der Waals surface area contributed by atoms with Crippen LogP contribution in [0, 0.1) is 5.92 Å². The molecule has 7 nitrogen and oxygen atoms in total. The van der Waals surface area contributed by atoms with Gasteiger partial charge in [0, 0.05) is 6.54 Å². The lowest BCUT2D eigenvalue weighted by molar-refractivity contribution is -0.133. The number of aromatic hydroxyl groups is 1. The number of hydrogen-bond acceptors (Lipinski definition) is 5. The van der Waals surface area contributed by atoms with Gasteiger partial charge in [0.1, 0.15) is 11.8 Å². The molecule has 1 atom stereocenters. The van der Waals surface area contributed by atoms with Crippen molar-refractivity contribution < 1.29 is 23.5 Å². The number of carbonyl (C=O) groups excluding carboxylic acids is 1. The first-order chi connectivity index (χ1) is 15.2. The monoisotopic (exact) mass is 456 g/mol. The first-order valence-electron chi connectivity index (χ1n) is 10.4. The Kier molecular flexibility index (Phi) is 7.50. The van der Waals surface area contributed by atoms with Crippen LogP contribution in [0.2, 0.25) is 0 Å². The molecule has 0 saturated carbocycles. The third-order valence-corrected chi connectivity index (χ3v) is 7.28. The number of phenols is 1. The molecule has 1 unspecified atom stereocenters. The topological polar surface area (TPSA) is 107 Å². The molecule has 1 amide bonds. The Morgan fingerprint density at radius 1 is 1.00 bits per heavy atom. The van der Waals surface area contributed by atoms with Gasteiger partial charge >= 0.3 is 0 Å². The molecular weight excluding hydrogens is 428 g/mol. The molecule has 3 aromatic rings. The number of rotatable bonds is 9. The molecule has 0 aromatic heterocycles. The van der Waals surface area contributed by atoms with Crippen LogP contribution in [0.3, 0.4) is 0 Å². The molecule has 0 heterocycles. The van der Waals surface area contributed by atoms with Crippen LogP contribution in [0.25, 0.3) is 10.8 Å². The average molecular weight is 457 g/mol. The first-order valence-corrected chi connectivity index (χ1v) is 11.9. The molecule has 0 aliphatic carbocycles. The normalized spacial score (nSPS) is 12.9. The standard InChI is InChI=1S/C24H28N2O5S/c1-17(2)13-14-26(23(24(28)25-29)15-18-7-10-21(27)11-8-18)32(30,31)22-12-9-19-5-3-4-6-20(19)16-22/h3-12,16-17,23,27,29H,13-15H2,1-2H3,(H,25,28). The number of fused-ring (bicyclic) bond motifs is 1. The first kappa shape index (κ1) is 23.7. The molecule has 3 aromatic carbocycles. The zero-order valence-corrected chi connectivity index (χ0v) is 18.9. The van der Waals surface area contributed by atoms with E-state index in [0.717, 1.165) is 15.1 Å². The van der Waals surface area contributed by atoms with Gasteiger partial charge in [-0.3, -0.25) is 10.0 Å². The van der Waals surface area contributed by atoms with Crippen molar-refractivity contribution in [3.63, 3.8) is 0 Å². The van der Waals surface area contributed by atoms with Crippen molar-refractivity contribution in [3.8, 4) is 5.75 Å². The number of benzene rings is 3. The Morgan fingerprint density at radius 3 is 2.28 bits per heavy atom. The van der Waals surface area contributed by atoms with Crippen LogP contribution in [-0.2, 0) is 21.2 Å². The van der Waals surface area contributed by atoms with E-state index in [-0.39, 0.29) is 29.5 Å². The summed E-state index contributed by atoms with van der Waals surface area (Å²) >= 11 is 0. The van der Waals surface area contributed by atoms with Crippen molar-refractivity contribution in [1.29, 1.82) is 0 Å². The summed E-state index contributed by atoms with van der Waals surface area (Å²) in [7, 11) is -4.06. The van der Waals surface area contributed by atoms with Crippen LogP contribution >= 0.6 is 0 Å². The summed E-state index contributed by atoms with van der Waals surface area (Å²) in [4.78, 5) is 12.7. The lowest BCUT2D eigenvalue weighted by Gasteiger charge is -2.30. The fourth-order valence-corrected chi connectivity index (χ4v) is 5.19. The van der Waals surface area contributed by atoms with Crippen molar-refractivity contribution >= 4 is 26.7 Å². The van der Waals surface area contributed by atoms with Crippen molar-refractivity contribution in [1.82, 2.24) is 9.79 Å². The second-order valence-corrected chi connectivity index (χ2v) is 10.1. The van der Waals surface area contributed by atoms with Crippen LogP contribution < -0.4 is 5.48 Å². The lowest BCUT2D eigenvalue weighted by Crippen LogP contribution is -2.50. The minimum absolute atomic E-state index is 0.0393. The minimum atomic E-state index is -4.06. The minimum Gasteiger partial charge on any atom is -0.508 e. The quantitative estimate of drug-likeness (QED) is 0.336. The Balaban J connectivity index is 2.05. The second-order valence-electron chi connectivity index (χ2n) is 8.17. The molecule has 0 aliphatic heterocycles. The predicted octanol–water partition coefficient (Wildman–Crippen LogP) is 3.70. The Morgan fingerprint density at radius 2 is 1.66 bits per heavy atom. The molecule has 0 aliphatic rings. The van der Waals surface area contributed by atoms with E-state index in [1.807, 2.05) is 38.1 Å². The molecule has 3 rings (SSSR count). The molecule has 8 heteroatoms. The summed E-state index contributed by atoms with van der Waals surface area (Å²) in [5.74, 6) is -0.542. The van der Waals surface area contributed by atoms with Gasteiger partial charge in [-0.05, 0) is 59.4 Å². The van der Waals surface area contributed by atoms with E-state index in [0.29, 0.717) is 12.0 Å². The van der Waals surface area contributed by atoms with Crippen molar-refractivity contribution in [2.75, 3.05) is 6.54 Å². The highest BCUT2D eigenvalue weighted by Crippen LogP contribution is 2.26. The zero-order valence-electron chi connectivity index (χ0n) is 18.1. The molecule has 170 valence electrons. The van der Waals surface area contributed by atoms with Gasteiger partial charge in [-0.2, -0.15) is 4.31 Å². The summed E-state index contributed by atoms with van der Waals surface area (Å²) in [6.45, 7) is 4.06. The summed E-state index contributed by atoms with van der Waals surface area (Å²) < 4.78 is 28.6. The van der Waals surface area contributed by atoms with E-state index in [1.165, 1.54) is 18.2 Å². The summed E-state index contributed by atoms with van der Waals surface area (Å²) in [5.41, 5.74) is 2.28. The van der Waals surface area contributed by atoms with Gasteiger partial charge in [0.15, 0.2) is 0 Å². The van der Waals surface area contributed by atoms with Crippen molar-refractivity contribution in [3.05, 3.63) is 72.3 Å². The zero-order chi connectivity index (χ0) is 23.3. The summed E-state index contributed by atoms with van der Waals surface area (Å²) in [5, 5.41) is 20.6. The number of phenolic OH excluding ortho intramolecular Hbond substituents is 1. The maximum atomic E-state index is 13.7. The van der Waals surface area contributed by atoms with Crippen LogP contribution in [0.1, 0.15) is 25.8 Å². The fourth-order valence-electron chi connectivity index (χ4n) is 3.55. The lowest BCUT2D eigenvalue weighted by atomic mass is 10.0. The number of nitrogens with one attached hydrogen (secondary N) is 1. The van der Waals surface area contributed by atoms with Gasteiger partial charge in [0.2, 0.25) is 10.0 Å². The van der Waals surface area contributed by atoms with Gasteiger partial charge in [0.05, 0.1) is 4.90 Å². The van der Waals surface area contributed by atoms with E-state index >= 15 is 0 Å². The molecule has 3 N–H and O–H groups in total. The number of amides is 1. The Labute approximate surface area is 188 Å². The molecule has 32 heavy (non-hydrogen) atoms. The van der Waals surface area contributed by atoms with Crippen LogP contribution in [0.4, 0.5) is 0 Å². The smallest absolute Gasteiger partial charge is 0.262 e. The van der Waals surface area contributed by atoms with E-state index in [1.54, 1.807) is 29.7 Å². The van der Waals surface area contributed by atoms with Crippen molar-refractivity contribution in [2.24, 2.45) is 5.92 Å². The Bertz CT molecular complexity index is 1180. The number of sulfonamides is 1. The molecule has 0 radical (unpaired) electrons. The van der Waals surface area contributed by atoms with E-state index in [4.69, 9.17) is 0 Å². The molecular formula is C24H28N2O5S. The molecule has 0 spiro atoms. The SMILES string of the molecule is CC(C)CCN(C(Cc1ccc(O)cc1)C(=O)NO)S(=O)(=O)c1ccc2ccccc2c1. The van der Waals surface area contributed by atoms with Gasteiger partial charge in [-0.15, -0.1) is 0 Å². The van der Waals surface area contributed by atoms with Gasteiger partial charge in [-0.1, -0.05) is 56.3 Å². The van der Waals surface area contributed by atoms with Crippen LogP contribution in [0.15, 0.2) is 71.6 Å². The highest BCUT2D eigenvalue weighted by atomic mass is 32.2. The summed E-state index contributed by atoms with van der Waals surface area (Å²) in [6, 6.07) is 17.3. The largest absolute Gasteiger partial charge is 0.508 e.